The highest BCUT2D eigenvalue weighted by Gasteiger charge is 2.33. The lowest BCUT2D eigenvalue weighted by Gasteiger charge is -2.26. The Hall–Kier alpha value is -2.07. The van der Waals surface area contributed by atoms with E-state index in [1.54, 1.807) is 0 Å². The molecular formula is C15H9F4NO3S2. The van der Waals surface area contributed by atoms with E-state index in [1.165, 1.54) is 22.7 Å². The molecule has 1 aromatic heterocycles. The summed E-state index contributed by atoms with van der Waals surface area (Å²) in [6.07, 6.45) is -4.71. The number of fused-ring (bicyclic) bond motifs is 1. The maximum absolute atomic E-state index is 13.5. The predicted octanol–water partition coefficient (Wildman–Crippen LogP) is 4.24. The molecule has 0 bridgehead atoms. The van der Waals surface area contributed by atoms with Crippen LogP contribution in [-0.4, -0.2) is 22.7 Å². The molecule has 3 rings (SSSR count). The predicted molar refractivity (Wildman–Crippen MR) is 84.6 cm³/mol. The van der Waals surface area contributed by atoms with Gasteiger partial charge in [0.2, 0.25) is 5.91 Å². The largest absolute Gasteiger partial charge is 0.477 e. The Labute approximate surface area is 147 Å². The van der Waals surface area contributed by atoms with Crippen LogP contribution in [0.5, 0.6) is 0 Å². The van der Waals surface area contributed by atoms with E-state index < -0.39 is 23.5 Å². The second-order valence-corrected chi connectivity index (χ2v) is 7.50. The molecule has 0 fully saturated rings. The number of carbonyl (C=O) groups is 2. The number of anilines is 1. The van der Waals surface area contributed by atoms with Crippen molar-refractivity contribution in [2.45, 2.75) is 16.9 Å². The van der Waals surface area contributed by atoms with E-state index >= 15 is 0 Å². The molecule has 0 aliphatic carbocycles. The number of hydrogen-bond acceptors (Lipinski definition) is 4. The van der Waals surface area contributed by atoms with E-state index in [1.807, 2.05) is 0 Å². The normalized spacial score (nSPS) is 14.6. The Morgan fingerprint density at radius 2 is 1.96 bits per heavy atom. The number of amides is 1. The number of halogens is 4. The smallest absolute Gasteiger partial charge is 0.416 e. The van der Waals surface area contributed by atoms with E-state index in [0.29, 0.717) is 16.0 Å². The van der Waals surface area contributed by atoms with Gasteiger partial charge in [-0.1, -0.05) is 0 Å². The molecule has 0 atom stereocenters. The highest BCUT2D eigenvalue weighted by molar-refractivity contribution is 8.02. The van der Waals surface area contributed by atoms with Crippen LogP contribution < -0.4 is 4.90 Å². The number of carboxylic acid groups (broad SMARTS) is 1. The van der Waals surface area contributed by atoms with Crippen LogP contribution in [0.4, 0.5) is 23.2 Å². The fraction of sp³-hybridized carbons (Fsp3) is 0.200. The molecule has 0 radical (unpaired) electrons. The molecule has 132 valence electrons. The summed E-state index contributed by atoms with van der Waals surface area (Å²) in [6, 6.07) is 3.39. The first-order valence-electron chi connectivity index (χ1n) is 6.82. The summed E-state index contributed by atoms with van der Waals surface area (Å²) >= 11 is 2.16. The van der Waals surface area contributed by atoms with E-state index in [0.717, 1.165) is 23.5 Å². The second kappa shape index (κ2) is 6.34. The topological polar surface area (TPSA) is 57.6 Å². The molecular weight excluding hydrogens is 382 g/mol. The molecule has 1 amide bonds. The van der Waals surface area contributed by atoms with Crippen molar-refractivity contribution in [3.8, 4) is 0 Å². The third-order valence-electron chi connectivity index (χ3n) is 3.43. The highest BCUT2D eigenvalue weighted by atomic mass is 32.2. The van der Waals surface area contributed by atoms with Crippen LogP contribution >= 0.6 is 23.1 Å². The molecule has 10 heteroatoms. The Morgan fingerprint density at radius 1 is 1.24 bits per heavy atom. The van der Waals surface area contributed by atoms with Gasteiger partial charge in [0.1, 0.15) is 10.7 Å². The minimum atomic E-state index is -4.71. The van der Waals surface area contributed by atoms with Gasteiger partial charge < -0.3 is 10.0 Å². The fourth-order valence-corrected chi connectivity index (χ4v) is 4.50. The van der Waals surface area contributed by atoms with Gasteiger partial charge in [0, 0.05) is 0 Å². The number of alkyl halides is 3. The van der Waals surface area contributed by atoms with Gasteiger partial charge in [0.25, 0.3) is 0 Å². The van der Waals surface area contributed by atoms with Crippen molar-refractivity contribution >= 4 is 40.7 Å². The summed E-state index contributed by atoms with van der Waals surface area (Å²) in [5.74, 6) is -2.56. The lowest BCUT2D eigenvalue weighted by Crippen LogP contribution is -2.34. The number of hydrogen-bond donors (Lipinski definition) is 1. The van der Waals surface area contributed by atoms with Crippen molar-refractivity contribution in [3.05, 3.63) is 46.1 Å². The number of carbonyl (C=O) groups excluding carboxylic acids is 1. The summed E-state index contributed by atoms with van der Waals surface area (Å²) in [5.41, 5.74) is -0.846. The van der Waals surface area contributed by atoms with Gasteiger partial charge in [-0.2, -0.15) is 13.2 Å². The van der Waals surface area contributed by atoms with Crippen molar-refractivity contribution in [3.63, 3.8) is 0 Å². The Morgan fingerprint density at radius 3 is 2.60 bits per heavy atom. The summed E-state index contributed by atoms with van der Waals surface area (Å²) in [6.45, 7) is -0.275. The molecule has 0 saturated heterocycles. The number of carboxylic acids is 1. The maximum atomic E-state index is 13.5. The molecule has 25 heavy (non-hydrogen) atoms. The molecule has 4 nitrogen and oxygen atoms in total. The van der Waals surface area contributed by atoms with E-state index in [9.17, 15) is 27.2 Å². The molecule has 1 aliphatic heterocycles. The number of aromatic carboxylic acids is 1. The van der Waals surface area contributed by atoms with E-state index in [2.05, 4.69) is 0 Å². The van der Waals surface area contributed by atoms with Gasteiger partial charge in [0.05, 0.1) is 27.8 Å². The van der Waals surface area contributed by atoms with Crippen LogP contribution in [-0.2, 0) is 17.5 Å². The monoisotopic (exact) mass is 391 g/mol. The average molecular weight is 391 g/mol. The molecule has 2 heterocycles. The van der Waals surface area contributed by atoms with E-state index in [-0.39, 0.29) is 28.6 Å². The van der Waals surface area contributed by atoms with Crippen molar-refractivity contribution in [1.29, 1.82) is 0 Å². The van der Waals surface area contributed by atoms with E-state index in [4.69, 9.17) is 5.11 Å². The summed E-state index contributed by atoms with van der Waals surface area (Å²) in [5, 5.41) is 9.06. The minimum absolute atomic E-state index is 0.0208. The van der Waals surface area contributed by atoms with Crippen molar-refractivity contribution in [2.75, 3.05) is 10.7 Å². The number of benzene rings is 1. The van der Waals surface area contributed by atoms with Crippen LogP contribution in [0.3, 0.4) is 0 Å². The fourth-order valence-electron chi connectivity index (χ4n) is 2.36. The van der Waals surface area contributed by atoms with Crippen molar-refractivity contribution < 1.29 is 32.3 Å². The summed E-state index contributed by atoms with van der Waals surface area (Å²) in [4.78, 5) is 24.4. The van der Waals surface area contributed by atoms with Crippen molar-refractivity contribution in [1.82, 2.24) is 0 Å². The quantitative estimate of drug-likeness (QED) is 0.795. The first kappa shape index (κ1) is 17.7. The van der Waals surface area contributed by atoms with Crippen LogP contribution in [0.1, 0.15) is 20.8 Å². The van der Waals surface area contributed by atoms with Crippen LogP contribution in [0, 0.1) is 5.82 Å². The zero-order valence-electron chi connectivity index (χ0n) is 12.3. The third-order valence-corrected chi connectivity index (χ3v) is 5.81. The lowest BCUT2D eigenvalue weighted by molar-refractivity contribution is -0.137. The first-order chi connectivity index (χ1) is 11.6. The first-order valence-corrected chi connectivity index (χ1v) is 8.62. The molecule has 1 N–H and O–H groups in total. The number of rotatable bonds is 3. The summed E-state index contributed by atoms with van der Waals surface area (Å²) in [7, 11) is 0. The molecule has 0 unspecified atom stereocenters. The lowest BCUT2D eigenvalue weighted by atomic mass is 10.1. The van der Waals surface area contributed by atoms with Crippen LogP contribution in [0.25, 0.3) is 0 Å². The van der Waals surface area contributed by atoms with Gasteiger partial charge in [0.15, 0.2) is 0 Å². The van der Waals surface area contributed by atoms with Gasteiger partial charge in [-0.05, 0) is 29.8 Å². The van der Waals surface area contributed by atoms with Crippen molar-refractivity contribution in [2.24, 2.45) is 0 Å². The summed E-state index contributed by atoms with van der Waals surface area (Å²) < 4.78 is 52.6. The molecule has 0 saturated carbocycles. The van der Waals surface area contributed by atoms with Gasteiger partial charge in [-0.15, -0.1) is 23.1 Å². The molecule has 2 aromatic rings. The Bertz CT molecular complexity index is 863. The Kier molecular flexibility index (Phi) is 4.50. The van der Waals surface area contributed by atoms with Gasteiger partial charge >= 0.3 is 12.1 Å². The zero-order chi connectivity index (χ0) is 18.4. The Balaban J connectivity index is 1.97. The average Bonchev–Trinajstić information content (AvgIpc) is 2.93. The highest BCUT2D eigenvalue weighted by Crippen LogP contribution is 2.43. The number of nitrogens with zero attached hydrogens (tertiary/aromatic N) is 1. The maximum Gasteiger partial charge on any atom is 0.416 e. The number of thiophene rings is 1. The molecule has 1 aliphatic rings. The minimum Gasteiger partial charge on any atom is -0.477 e. The standard InChI is InChI=1S/C15H9F4NO3S2/c16-9-2-7(1-8(3-9)15(17,18)19)5-20-10-4-11(13(22)23)25-14(10)24-6-12(20)21/h1-4H,5-6H2,(H,22,23). The number of thioether (sulfide) groups is 1. The SMILES string of the molecule is O=C(O)c1cc2c(s1)SCC(=O)N2Cc1cc(F)cc(C(F)(F)F)c1. The van der Waals surface area contributed by atoms with Crippen LogP contribution in [0.15, 0.2) is 28.5 Å². The van der Waals surface area contributed by atoms with Gasteiger partial charge in [-0.3, -0.25) is 4.79 Å². The molecule has 0 spiro atoms. The molecule has 1 aromatic carbocycles. The van der Waals surface area contributed by atoms with Crippen LogP contribution in [0.2, 0.25) is 0 Å². The van der Waals surface area contributed by atoms with Gasteiger partial charge in [-0.25, -0.2) is 9.18 Å². The third kappa shape index (κ3) is 3.64. The second-order valence-electron chi connectivity index (χ2n) is 5.20. The zero-order valence-corrected chi connectivity index (χ0v) is 13.9.